The number of nitro benzene ring substituents is 1. The number of fused-ring (bicyclic) bond motifs is 1. The van der Waals surface area contributed by atoms with Gasteiger partial charge >= 0.3 is 5.91 Å². The minimum atomic E-state index is -0.608. The standard InChI is InChI=1S/C28H23Cl2N3O6/c1-3-5-19-10-18(12-25(37-4-2)27(19)38-16-17-6-8-22(29)23(30)11-17)15-31-32-28(34)26-14-20-13-21(33(35)36)7-9-24(20)39-26/h3,6-15H,1,4-5,16H2,2H3,(H,32,34)/b31-15+. The summed E-state index contributed by atoms with van der Waals surface area (Å²) < 4.78 is 17.4. The lowest BCUT2D eigenvalue weighted by Gasteiger charge is -2.17. The Hall–Kier alpha value is -4.34. The molecule has 3 aromatic carbocycles. The average Bonchev–Trinajstić information content (AvgIpc) is 3.34. The second-order valence-electron chi connectivity index (χ2n) is 8.26. The minimum Gasteiger partial charge on any atom is -0.490 e. The van der Waals surface area contributed by atoms with E-state index in [-0.39, 0.29) is 18.1 Å². The fraction of sp³-hybridized carbons (Fsp3) is 0.143. The summed E-state index contributed by atoms with van der Waals surface area (Å²) in [6.07, 6.45) is 3.70. The van der Waals surface area contributed by atoms with E-state index in [2.05, 4.69) is 17.1 Å². The van der Waals surface area contributed by atoms with Crippen LogP contribution in [0.3, 0.4) is 0 Å². The quantitative estimate of drug-likeness (QED) is 0.0892. The molecule has 11 heteroatoms. The molecule has 0 unspecified atom stereocenters. The Morgan fingerprint density at radius 1 is 1.13 bits per heavy atom. The molecule has 39 heavy (non-hydrogen) atoms. The van der Waals surface area contributed by atoms with E-state index in [1.807, 2.05) is 19.1 Å². The Morgan fingerprint density at radius 2 is 1.95 bits per heavy atom. The number of furan rings is 1. The largest absolute Gasteiger partial charge is 0.490 e. The maximum atomic E-state index is 12.6. The van der Waals surface area contributed by atoms with Crippen molar-refractivity contribution in [1.82, 2.24) is 5.43 Å². The van der Waals surface area contributed by atoms with Gasteiger partial charge in [0.15, 0.2) is 17.3 Å². The lowest BCUT2D eigenvalue weighted by atomic mass is 10.1. The molecule has 0 spiro atoms. The molecule has 0 atom stereocenters. The van der Waals surface area contributed by atoms with Crippen molar-refractivity contribution < 1.29 is 23.6 Å². The van der Waals surface area contributed by atoms with E-state index in [1.54, 1.807) is 24.3 Å². The molecular weight excluding hydrogens is 545 g/mol. The van der Waals surface area contributed by atoms with Gasteiger partial charge in [-0.25, -0.2) is 5.43 Å². The van der Waals surface area contributed by atoms with Gasteiger partial charge in [0.1, 0.15) is 12.2 Å². The summed E-state index contributed by atoms with van der Waals surface area (Å²) in [6, 6.07) is 14.4. The lowest BCUT2D eigenvalue weighted by molar-refractivity contribution is -0.384. The average molecular weight is 568 g/mol. The highest BCUT2D eigenvalue weighted by Gasteiger charge is 2.16. The van der Waals surface area contributed by atoms with Gasteiger partial charge in [-0.05, 0) is 60.9 Å². The predicted octanol–water partition coefficient (Wildman–Crippen LogP) is 7.12. The zero-order chi connectivity index (χ0) is 27.9. The first kappa shape index (κ1) is 27.7. The number of hydrogen-bond donors (Lipinski definition) is 1. The summed E-state index contributed by atoms with van der Waals surface area (Å²) in [6.45, 7) is 6.33. The van der Waals surface area contributed by atoms with Gasteiger partial charge in [-0.15, -0.1) is 6.58 Å². The first-order valence-electron chi connectivity index (χ1n) is 11.8. The Labute approximate surface area is 233 Å². The number of hydrazone groups is 1. The van der Waals surface area contributed by atoms with Crippen molar-refractivity contribution in [3.8, 4) is 11.5 Å². The highest BCUT2D eigenvalue weighted by molar-refractivity contribution is 6.42. The molecule has 0 saturated carbocycles. The monoisotopic (exact) mass is 567 g/mol. The van der Waals surface area contributed by atoms with Gasteiger partial charge < -0.3 is 13.9 Å². The van der Waals surface area contributed by atoms with Crippen LogP contribution in [0.15, 0.2) is 76.8 Å². The number of nitro groups is 1. The van der Waals surface area contributed by atoms with E-state index in [4.69, 9.17) is 37.1 Å². The molecule has 1 aromatic heterocycles. The van der Waals surface area contributed by atoms with Crippen molar-refractivity contribution in [1.29, 1.82) is 0 Å². The van der Waals surface area contributed by atoms with Crippen LogP contribution in [0.2, 0.25) is 10.0 Å². The number of nitrogens with zero attached hydrogens (tertiary/aromatic N) is 2. The second kappa shape index (κ2) is 12.5. The van der Waals surface area contributed by atoms with Crippen molar-refractivity contribution in [2.45, 2.75) is 20.0 Å². The molecule has 0 fully saturated rings. The van der Waals surface area contributed by atoms with Gasteiger partial charge in [-0.3, -0.25) is 14.9 Å². The second-order valence-corrected chi connectivity index (χ2v) is 9.07. The zero-order valence-corrected chi connectivity index (χ0v) is 22.3. The molecule has 9 nitrogen and oxygen atoms in total. The van der Waals surface area contributed by atoms with E-state index in [0.29, 0.717) is 51.1 Å². The molecule has 0 aliphatic heterocycles. The van der Waals surface area contributed by atoms with Gasteiger partial charge in [0.2, 0.25) is 0 Å². The van der Waals surface area contributed by atoms with E-state index < -0.39 is 10.8 Å². The molecule has 200 valence electrons. The van der Waals surface area contributed by atoms with Gasteiger partial charge in [0, 0.05) is 23.1 Å². The number of amides is 1. The fourth-order valence-corrected chi connectivity index (χ4v) is 4.07. The SMILES string of the molecule is C=CCc1cc(/C=N/NC(=O)c2cc3cc([N+](=O)[O-])ccc3o2)cc(OCC)c1OCc1ccc(Cl)c(Cl)c1. The van der Waals surface area contributed by atoms with Crippen LogP contribution in [0.1, 0.15) is 34.2 Å². The first-order valence-corrected chi connectivity index (χ1v) is 12.5. The Balaban J connectivity index is 1.52. The van der Waals surface area contributed by atoms with Crippen molar-refractivity contribution in [3.63, 3.8) is 0 Å². The highest BCUT2D eigenvalue weighted by atomic mass is 35.5. The number of halogens is 2. The number of carbonyl (C=O) groups is 1. The van der Waals surface area contributed by atoms with Crippen LogP contribution in [0, 0.1) is 10.1 Å². The summed E-state index contributed by atoms with van der Waals surface area (Å²) >= 11 is 12.1. The van der Waals surface area contributed by atoms with Crippen molar-refractivity contribution in [2.24, 2.45) is 5.10 Å². The first-order chi connectivity index (χ1) is 18.8. The molecule has 0 radical (unpaired) electrons. The van der Waals surface area contributed by atoms with Crippen LogP contribution >= 0.6 is 23.2 Å². The summed E-state index contributed by atoms with van der Waals surface area (Å²) in [4.78, 5) is 23.0. The third kappa shape index (κ3) is 6.76. The Kier molecular flexibility index (Phi) is 8.85. The zero-order valence-electron chi connectivity index (χ0n) is 20.8. The highest BCUT2D eigenvalue weighted by Crippen LogP contribution is 2.35. The summed E-state index contributed by atoms with van der Waals surface area (Å²) in [5.41, 5.74) is 4.95. The number of non-ortho nitro benzene ring substituents is 1. The number of hydrogen-bond acceptors (Lipinski definition) is 7. The topological polar surface area (TPSA) is 116 Å². The van der Waals surface area contributed by atoms with Gasteiger partial charge in [-0.2, -0.15) is 5.10 Å². The molecule has 4 aromatic rings. The van der Waals surface area contributed by atoms with E-state index >= 15 is 0 Å². The molecule has 1 heterocycles. The summed E-state index contributed by atoms with van der Waals surface area (Å²) in [5.74, 6) is 0.419. The van der Waals surface area contributed by atoms with Crippen LogP contribution < -0.4 is 14.9 Å². The smallest absolute Gasteiger partial charge is 0.307 e. The van der Waals surface area contributed by atoms with Crippen LogP contribution in [-0.2, 0) is 13.0 Å². The predicted molar refractivity (Wildman–Crippen MR) is 150 cm³/mol. The Morgan fingerprint density at radius 3 is 2.67 bits per heavy atom. The van der Waals surface area contributed by atoms with Crippen LogP contribution in [0.4, 0.5) is 5.69 Å². The number of allylic oxidation sites excluding steroid dienone is 1. The Bertz CT molecular complexity index is 1580. The van der Waals surface area contributed by atoms with E-state index in [9.17, 15) is 14.9 Å². The number of carbonyl (C=O) groups excluding carboxylic acids is 1. The molecule has 0 saturated heterocycles. The van der Waals surface area contributed by atoms with Crippen molar-refractivity contribution in [3.05, 3.63) is 110 Å². The molecule has 4 rings (SSSR count). The molecule has 0 bridgehead atoms. The third-order valence-corrected chi connectivity index (χ3v) is 6.24. The molecule has 1 amide bonds. The van der Waals surface area contributed by atoms with Gasteiger partial charge in [0.25, 0.3) is 5.69 Å². The van der Waals surface area contributed by atoms with Crippen molar-refractivity contribution in [2.75, 3.05) is 6.61 Å². The summed E-state index contributed by atoms with van der Waals surface area (Å²) in [7, 11) is 0. The van der Waals surface area contributed by atoms with Crippen LogP contribution in [-0.4, -0.2) is 23.7 Å². The normalized spacial score (nSPS) is 11.1. The fourth-order valence-electron chi connectivity index (χ4n) is 3.75. The number of rotatable bonds is 11. The van der Waals surface area contributed by atoms with E-state index in [0.717, 1.165) is 11.1 Å². The van der Waals surface area contributed by atoms with Crippen molar-refractivity contribution >= 4 is 52.0 Å². The van der Waals surface area contributed by atoms with Crippen LogP contribution in [0.5, 0.6) is 11.5 Å². The minimum absolute atomic E-state index is 0.0314. The number of nitrogens with one attached hydrogen (secondary N) is 1. The maximum Gasteiger partial charge on any atom is 0.307 e. The number of ether oxygens (including phenoxy) is 2. The van der Waals surface area contributed by atoms with Crippen LogP contribution in [0.25, 0.3) is 11.0 Å². The van der Waals surface area contributed by atoms with E-state index in [1.165, 1.54) is 30.5 Å². The lowest BCUT2D eigenvalue weighted by Crippen LogP contribution is -2.16. The maximum absolute atomic E-state index is 12.6. The molecule has 1 N–H and O–H groups in total. The summed E-state index contributed by atoms with van der Waals surface area (Å²) in [5, 5.41) is 16.4. The third-order valence-electron chi connectivity index (χ3n) is 5.50. The van der Waals surface area contributed by atoms with Gasteiger partial charge in [-0.1, -0.05) is 35.3 Å². The van der Waals surface area contributed by atoms with Gasteiger partial charge in [0.05, 0.1) is 27.8 Å². The number of benzene rings is 3. The molecular formula is C28H23Cl2N3O6. The molecule has 0 aliphatic rings. The molecule has 0 aliphatic carbocycles.